The molecule has 0 aromatic carbocycles. The number of rotatable bonds is 2. The van der Waals surface area contributed by atoms with Crippen LogP contribution in [0.25, 0.3) is 0 Å². The van der Waals surface area contributed by atoms with Crippen molar-refractivity contribution in [3.05, 3.63) is 10.5 Å². The van der Waals surface area contributed by atoms with Crippen LogP contribution < -0.4 is 4.72 Å². The van der Waals surface area contributed by atoms with Gasteiger partial charge in [-0.3, -0.25) is 0 Å². The second kappa shape index (κ2) is 4.03. The van der Waals surface area contributed by atoms with E-state index in [4.69, 9.17) is 0 Å². The Morgan fingerprint density at radius 1 is 1.14 bits per heavy atom. The minimum absolute atomic E-state index is 0.0743. The van der Waals surface area contributed by atoms with Gasteiger partial charge in [-0.05, 0) is 18.3 Å². The lowest BCUT2D eigenvalue weighted by molar-refractivity contribution is 0.561. The van der Waals surface area contributed by atoms with Gasteiger partial charge in [-0.25, -0.2) is 13.1 Å². The maximum absolute atomic E-state index is 11.8. The summed E-state index contributed by atoms with van der Waals surface area (Å²) in [6, 6.07) is 0. The Labute approximate surface area is 86.6 Å². The molecule has 0 aromatic rings. The van der Waals surface area contributed by atoms with E-state index in [1.807, 2.05) is 13.8 Å². The largest absolute Gasteiger partial charge is 0.236 e. The van der Waals surface area contributed by atoms with Gasteiger partial charge in [0.05, 0.1) is 4.91 Å². The van der Waals surface area contributed by atoms with Gasteiger partial charge < -0.3 is 0 Å². The average Bonchev–Trinajstić information content (AvgIpc) is 2.00. The van der Waals surface area contributed by atoms with E-state index in [9.17, 15) is 8.42 Å². The van der Waals surface area contributed by atoms with E-state index in [-0.39, 0.29) is 5.92 Å². The molecule has 4 heteroatoms. The van der Waals surface area contributed by atoms with Crippen LogP contribution >= 0.6 is 0 Å². The standard InChI is InChI=1S/C10H19NO2S/c1-7(2)9-5-6-11-14(12,13)10(9)8(3)4/h7-8,11H,5-6H2,1-4H3. The second-order valence-corrected chi connectivity index (χ2v) is 6.08. The van der Waals surface area contributed by atoms with Crippen LogP contribution in [-0.2, 0) is 10.0 Å². The zero-order valence-corrected chi connectivity index (χ0v) is 10.1. The molecule has 0 fully saturated rings. The Bertz CT molecular complexity index is 339. The summed E-state index contributed by atoms with van der Waals surface area (Å²) in [5.41, 5.74) is 1.10. The normalized spacial score (nSPS) is 22.1. The van der Waals surface area contributed by atoms with Crippen LogP contribution in [0.4, 0.5) is 0 Å². The zero-order chi connectivity index (χ0) is 10.9. The third kappa shape index (κ3) is 2.17. The summed E-state index contributed by atoms with van der Waals surface area (Å²) in [7, 11) is -3.19. The second-order valence-electron chi connectivity index (χ2n) is 4.35. The van der Waals surface area contributed by atoms with Crippen LogP contribution in [0.5, 0.6) is 0 Å². The number of nitrogens with one attached hydrogen (secondary N) is 1. The van der Waals surface area contributed by atoms with Crippen LogP contribution in [-0.4, -0.2) is 15.0 Å². The van der Waals surface area contributed by atoms with Gasteiger partial charge in [0, 0.05) is 6.54 Å². The van der Waals surface area contributed by atoms with Crippen molar-refractivity contribution in [3.8, 4) is 0 Å². The van der Waals surface area contributed by atoms with Gasteiger partial charge in [-0.2, -0.15) is 0 Å². The third-order valence-electron chi connectivity index (χ3n) is 2.51. The van der Waals surface area contributed by atoms with E-state index in [1.165, 1.54) is 0 Å². The molecule has 1 N–H and O–H groups in total. The number of hydrogen-bond acceptors (Lipinski definition) is 2. The van der Waals surface area contributed by atoms with Crippen molar-refractivity contribution >= 4 is 10.0 Å². The SMILES string of the molecule is CC(C)C1=C(C(C)C)S(=O)(=O)NCC1. The first-order valence-electron chi connectivity index (χ1n) is 5.09. The molecule has 14 heavy (non-hydrogen) atoms. The lowest BCUT2D eigenvalue weighted by Crippen LogP contribution is -2.34. The summed E-state index contributed by atoms with van der Waals surface area (Å²) in [4.78, 5) is 0.610. The minimum Gasteiger partial charge on any atom is -0.211 e. The molecule has 0 spiro atoms. The first kappa shape index (κ1) is 11.7. The van der Waals surface area contributed by atoms with E-state index in [2.05, 4.69) is 18.6 Å². The van der Waals surface area contributed by atoms with Crippen molar-refractivity contribution < 1.29 is 8.42 Å². The Kier molecular flexibility index (Phi) is 3.37. The van der Waals surface area contributed by atoms with Gasteiger partial charge in [0.2, 0.25) is 10.0 Å². The van der Waals surface area contributed by atoms with Gasteiger partial charge in [0.15, 0.2) is 0 Å². The summed E-state index contributed by atoms with van der Waals surface area (Å²) in [6.45, 7) is 8.52. The van der Waals surface area contributed by atoms with Crippen molar-refractivity contribution in [2.45, 2.75) is 34.1 Å². The molecule has 0 atom stereocenters. The van der Waals surface area contributed by atoms with Crippen molar-refractivity contribution in [1.29, 1.82) is 0 Å². The first-order chi connectivity index (χ1) is 6.36. The van der Waals surface area contributed by atoms with E-state index >= 15 is 0 Å². The summed E-state index contributed by atoms with van der Waals surface area (Å²) in [5, 5.41) is 0. The molecule has 0 bridgehead atoms. The maximum Gasteiger partial charge on any atom is 0.236 e. The fourth-order valence-electron chi connectivity index (χ4n) is 1.95. The molecular weight excluding hydrogens is 198 g/mol. The van der Waals surface area contributed by atoms with E-state index < -0.39 is 10.0 Å². The summed E-state index contributed by atoms with van der Waals surface area (Å²) >= 11 is 0. The molecule has 0 aromatic heterocycles. The quantitative estimate of drug-likeness (QED) is 0.767. The number of hydrogen-bond donors (Lipinski definition) is 1. The molecule has 1 aliphatic rings. The molecule has 0 saturated heterocycles. The Morgan fingerprint density at radius 2 is 1.71 bits per heavy atom. The molecule has 1 heterocycles. The van der Waals surface area contributed by atoms with Crippen molar-refractivity contribution in [1.82, 2.24) is 4.72 Å². The van der Waals surface area contributed by atoms with Crippen LogP contribution in [0.1, 0.15) is 34.1 Å². The van der Waals surface area contributed by atoms with Crippen molar-refractivity contribution in [3.63, 3.8) is 0 Å². The Morgan fingerprint density at radius 3 is 2.07 bits per heavy atom. The molecule has 0 amide bonds. The lowest BCUT2D eigenvalue weighted by Gasteiger charge is -2.26. The fraction of sp³-hybridized carbons (Fsp3) is 0.800. The molecule has 1 aliphatic heterocycles. The molecule has 0 radical (unpaired) electrons. The monoisotopic (exact) mass is 217 g/mol. The number of allylic oxidation sites excluding steroid dienone is 1. The summed E-state index contributed by atoms with van der Waals surface area (Å²) < 4.78 is 26.1. The third-order valence-corrected chi connectivity index (χ3v) is 4.41. The van der Waals surface area contributed by atoms with Gasteiger partial charge in [0.1, 0.15) is 0 Å². The highest BCUT2D eigenvalue weighted by Crippen LogP contribution is 2.30. The maximum atomic E-state index is 11.8. The van der Waals surface area contributed by atoms with Crippen LogP contribution in [0, 0.1) is 11.8 Å². The van der Waals surface area contributed by atoms with E-state index in [0.29, 0.717) is 17.4 Å². The lowest BCUT2D eigenvalue weighted by atomic mass is 9.96. The predicted octanol–water partition coefficient (Wildman–Crippen LogP) is 1.88. The fourth-order valence-corrected chi connectivity index (χ4v) is 3.78. The van der Waals surface area contributed by atoms with Crippen LogP contribution in [0.3, 0.4) is 0 Å². The molecule has 82 valence electrons. The van der Waals surface area contributed by atoms with Gasteiger partial charge in [0.25, 0.3) is 0 Å². The average molecular weight is 217 g/mol. The van der Waals surface area contributed by atoms with Crippen molar-refractivity contribution in [2.24, 2.45) is 11.8 Å². The smallest absolute Gasteiger partial charge is 0.211 e. The molecule has 0 saturated carbocycles. The molecule has 0 unspecified atom stereocenters. The van der Waals surface area contributed by atoms with Crippen molar-refractivity contribution in [2.75, 3.05) is 6.54 Å². The van der Waals surface area contributed by atoms with E-state index in [1.54, 1.807) is 0 Å². The molecule has 0 aliphatic carbocycles. The highest BCUT2D eigenvalue weighted by Gasteiger charge is 2.29. The van der Waals surface area contributed by atoms with Crippen LogP contribution in [0.2, 0.25) is 0 Å². The first-order valence-corrected chi connectivity index (χ1v) is 6.57. The minimum atomic E-state index is -3.19. The van der Waals surface area contributed by atoms with Gasteiger partial charge >= 0.3 is 0 Å². The predicted molar refractivity (Wildman–Crippen MR) is 58.2 cm³/mol. The zero-order valence-electron chi connectivity index (χ0n) is 9.29. The molecule has 3 nitrogen and oxygen atoms in total. The Hall–Kier alpha value is -0.350. The van der Waals surface area contributed by atoms with Gasteiger partial charge in [-0.1, -0.05) is 33.3 Å². The summed E-state index contributed by atoms with van der Waals surface area (Å²) in [6.07, 6.45) is 0.852. The van der Waals surface area contributed by atoms with Gasteiger partial charge in [-0.15, -0.1) is 0 Å². The topological polar surface area (TPSA) is 46.2 Å². The Balaban J connectivity index is 3.28. The number of sulfonamides is 1. The highest BCUT2D eigenvalue weighted by molar-refractivity contribution is 7.93. The van der Waals surface area contributed by atoms with Crippen LogP contribution in [0.15, 0.2) is 10.5 Å². The highest BCUT2D eigenvalue weighted by atomic mass is 32.2. The van der Waals surface area contributed by atoms with E-state index in [0.717, 1.165) is 12.0 Å². The molecule has 1 rings (SSSR count). The summed E-state index contributed by atoms with van der Waals surface area (Å²) in [5.74, 6) is 0.398. The molecular formula is C10H19NO2S.